The largest absolute Gasteiger partial charge is 0.479 e. The molecule has 0 aromatic carbocycles. The lowest BCUT2D eigenvalue weighted by molar-refractivity contribution is -0.178. The number of nitrogens with zero attached hydrogens (tertiary/aromatic N) is 1. The highest BCUT2D eigenvalue weighted by atomic mass is 19.4. The van der Waals surface area contributed by atoms with Crippen LogP contribution in [0.4, 0.5) is 13.2 Å². The van der Waals surface area contributed by atoms with Gasteiger partial charge in [0, 0.05) is 12.2 Å². The number of hydrogen-bond donors (Lipinski definition) is 2. The Morgan fingerprint density at radius 3 is 2.29 bits per heavy atom. The van der Waals surface area contributed by atoms with Crippen molar-refractivity contribution in [3.05, 3.63) is 33.2 Å². The first-order valence-corrected chi connectivity index (χ1v) is 11.0. The number of carboxylic acids is 1. The Balaban J connectivity index is 2.00. The number of aryl methyl sites for hydroxylation is 1. The highest BCUT2D eigenvalue weighted by Crippen LogP contribution is 2.27. The summed E-state index contributed by atoms with van der Waals surface area (Å²) in [4.78, 5) is 36.9. The molecule has 6 nitrogen and oxygen atoms in total. The molecule has 0 spiro atoms. The second-order valence-corrected chi connectivity index (χ2v) is 8.65. The minimum absolute atomic E-state index is 0.293. The Morgan fingerprint density at radius 2 is 1.68 bits per heavy atom. The van der Waals surface area contributed by atoms with Crippen LogP contribution in [0.3, 0.4) is 0 Å². The highest BCUT2D eigenvalue weighted by Gasteiger charge is 2.46. The number of pyridine rings is 1. The van der Waals surface area contributed by atoms with Crippen molar-refractivity contribution in [2.45, 2.75) is 89.4 Å². The molecule has 1 amide bonds. The Labute approximate surface area is 178 Å². The summed E-state index contributed by atoms with van der Waals surface area (Å²) in [5.41, 5.74) is 0.635. The third-order valence-electron chi connectivity index (χ3n) is 6.36. The van der Waals surface area contributed by atoms with E-state index in [0.717, 1.165) is 69.0 Å². The molecule has 2 N–H and O–H groups in total. The first-order chi connectivity index (χ1) is 14.7. The molecule has 9 heteroatoms. The van der Waals surface area contributed by atoms with Crippen molar-refractivity contribution in [3.8, 4) is 0 Å². The zero-order valence-corrected chi connectivity index (χ0v) is 17.5. The average molecular weight is 442 g/mol. The van der Waals surface area contributed by atoms with Gasteiger partial charge in [0.2, 0.25) is 6.04 Å². The molecule has 0 bridgehead atoms. The van der Waals surface area contributed by atoms with Crippen LogP contribution in [-0.4, -0.2) is 33.8 Å². The van der Waals surface area contributed by atoms with E-state index in [1.165, 1.54) is 11.4 Å². The van der Waals surface area contributed by atoms with E-state index in [0.29, 0.717) is 25.3 Å². The van der Waals surface area contributed by atoms with Gasteiger partial charge in [-0.05, 0) is 56.1 Å². The van der Waals surface area contributed by atoms with E-state index < -0.39 is 35.2 Å². The van der Waals surface area contributed by atoms with Gasteiger partial charge in [-0.25, -0.2) is 4.79 Å². The number of nitrogens with one attached hydrogen (secondary N) is 1. The Hall–Kier alpha value is -2.32. The predicted molar refractivity (Wildman–Crippen MR) is 108 cm³/mol. The van der Waals surface area contributed by atoms with Crippen LogP contribution in [0.2, 0.25) is 0 Å². The standard InChI is InChI=1S/C22H29F3N2O4/c23-22(24,25)18(21(30)31)26-19(28)16-12-15-10-6-1-2-7-11-17(15)27(20(16)29)13-14-8-4-3-5-9-14/h12,14,18H,1-11,13H2,(H,26,28)(H,30,31). The number of amides is 1. The van der Waals surface area contributed by atoms with Gasteiger partial charge in [-0.2, -0.15) is 13.2 Å². The smallest absolute Gasteiger partial charge is 0.419 e. The van der Waals surface area contributed by atoms with Crippen molar-refractivity contribution in [1.29, 1.82) is 0 Å². The van der Waals surface area contributed by atoms with Crippen molar-refractivity contribution in [1.82, 2.24) is 9.88 Å². The summed E-state index contributed by atoms with van der Waals surface area (Å²) >= 11 is 0. The van der Waals surface area contributed by atoms with E-state index >= 15 is 0 Å². The highest BCUT2D eigenvalue weighted by molar-refractivity contribution is 5.96. The van der Waals surface area contributed by atoms with E-state index in [-0.39, 0.29) is 0 Å². The number of carboxylic acid groups (broad SMARTS) is 1. The van der Waals surface area contributed by atoms with Crippen molar-refractivity contribution in [2.24, 2.45) is 5.92 Å². The maximum Gasteiger partial charge on any atom is 0.419 e. The van der Waals surface area contributed by atoms with Gasteiger partial charge < -0.3 is 15.0 Å². The minimum Gasteiger partial charge on any atom is -0.479 e. The van der Waals surface area contributed by atoms with Crippen molar-refractivity contribution in [2.75, 3.05) is 0 Å². The molecular weight excluding hydrogens is 413 g/mol. The molecular formula is C22H29F3N2O4. The molecule has 0 radical (unpaired) electrons. The summed E-state index contributed by atoms with van der Waals surface area (Å²) in [5, 5.41) is 10.4. The Kier molecular flexibility index (Phi) is 7.43. The molecule has 1 heterocycles. The summed E-state index contributed by atoms with van der Waals surface area (Å²) < 4.78 is 40.7. The number of aromatic nitrogens is 1. The zero-order valence-electron chi connectivity index (χ0n) is 17.5. The zero-order chi connectivity index (χ0) is 22.6. The third kappa shape index (κ3) is 5.68. The number of rotatable bonds is 5. The summed E-state index contributed by atoms with van der Waals surface area (Å²) in [6.07, 6.45) is 5.28. The Morgan fingerprint density at radius 1 is 1.06 bits per heavy atom. The fourth-order valence-corrected chi connectivity index (χ4v) is 4.71. The van der Waals surface area contributed by atoms with Gasteiger partial charge in [0.25, 0.3) is 11.5 Å². The Bertz CT molecular complexity index is 873. The number of fused-ring (bicyclic) bond motifs is 1. The van der Waals surface area contributed by atoms with Gasteiger partial charge in [0.05, 0.1) is 0 Å². The molecule has 0 saturated heterocycles. The summed E-state index contributed by atoms with van der Waals surface area (Å²) in [6, 6.07) is -1.68. The van der Waals surface area contributed by atoms with Gasteiger partial charge >= 0.3 is 12.1 Å². The van der Waals surface area contributed by atoms with E-state index in [1.807, 2.05) is 0 Å². The average Bonchev–Trinajstić information content (AvgIpc) is 2.68. The lowest BCUT2D eigenvalue weighted by atomic mass is 9.88. The maximum absolute atomic E-state index is 13.2. The predicted octanol–water partition coefficient (Wildman–Crippen LogP) is 3.83. The van der Waals surface area contributed by atoms with Crippen LogP contribution >= 0.6 is 0 Å². The van der Waals surface area contributed by atoms with Crippen LogP contribution in [0.15, 0.2) is 10.9 Å². The van der Waals surface area contributed by atoms with Gasteiger partial charge in [-0.15, -0.1) is 0 Å². The first-order valence-electron chi connectivity index (χ1n) is 11.0. The molecule has 31 heavy (non-hydrogen) atoms. The third-order valence-corrected chi connectivity index (χ3v) is 6.36. The van der Waals surface area contributed by atoms with E-state index in [9.17, 15) is 27.6 Å². The number of halogens is 3. The molecule has 2 aliphatic carbocycles. The van der Waals surface area contributed by atoms with Crippen molar-refractivity contribution < 1.29 is 27.9 Å². The topological polar surface area (TPSA) is 88.4 Å². The molecule has 2 aliphatic rings. The van der Waals surface area contributed by atoms with Crippen LogP contribution in [0, 0.1) is 5.92 Å². The molecule has 1 saturated carbocycles. The van der Waals surface area contributed by atoms with E-state index in [1.54, 1.807) is 4.57 Å². The summed E-state index contributed by atoms with van der Waals surface area (Å²) in [6.45, 7) is 0.448. The first kappa shape index (κ1) is 23.3. The summed E-state index contributed by atoms with van der Waals surface area (Å²) in [7, 11) is 0. The molecule has 1 aromatic heterocycles. The molecule has 1 fully saturated rings. The fourth-order valence-electron chi connectivity index (χ4n) is 4.71. The number of aliphatic carboxylic acids is 1. The van der Waals surface area contributed by atoms with Crippen LogP contribution in [0.1, 0.15) is 79.4 Å². The molecule has 1 atom stereocenters. The van der Waals surface area contributed by atoms with E-state index in [4.69, 9.17) is 5.11 Å². The van der Waals surface area contributed by atoms with Gasteiger partial charge in [0.1, 0.15) is 5.56 Å². The monoisotopic (exact) mass is 442 g/mol. The van der Waals surface area contributed by atoms with Gasteiger partial charge in [-0.3, -0.25) is 9.59 Å². The van der Waals surface area contributed by atoms with Crippen LogP contribution in [-0.2, 0) is 24.2 Å². The molecule has 1 aromatic rings. The number of carbonyl (C=O) groups is 2. The molecule has 172 valence electrons. The normalized spacial score (nSPS) is 19.1. The second-order valence-electron chi connectivity index (χ2n) is 8.65. The van der Waals surface area contributed by atoms with Gasteiger partial charge in [0.15, 0.2) is 0 Å². The fraction of sp³-hybridized carbons (Fsp3) is 0.682. The lowest BCUT2D eigenvalue weighted by Gasteiger charge is -2.27. The number of alkyl halides is 3. The van der Waals surface area contributed by atoms with Gasteiger partial charge in [-0.1, -0.05) is 32.1 Å². The quantitative estimate of drug-likeness (QED) is 0.725. The molecule has 1 unspecified atom stereocenters. The minimum atomic E-state index is -5.16. The van der Waals surface area contributed by atoms with Crippen LogP contribution in [0.5, 0.6) is 0 Å². The molecule has 0 aliphatic heterocycles. The van der Waals surface area contributed by atoms with Crippen molar-refractivity contribution >= 4 is 11.9 Å². The van der Waals surface area contributed by atoms with Crippen LogP contribution < -0.4 is 10.9 Å². The number of carbonyl (C=O) groups excluding carboxylic acids is 1. The molecule has 3 rings (SSSR count). The maximum atomic E-state index is 13.2. The number of hydrogen-bond acceptors (Lipinski definition) is 3. The van der Waals surface area contributed by atoms with E-state index in [2.05, 4.69) is 0 Å². The lowest BCUT2D eigenvalue weighted by Crippen LogP contribution is -2.51. The van der Waals surface area contributed by atoms with Crippen molar-refractivity contribution in [3.63, 3.8) is 0 Å². The summed E-state index contributed by atoms with van der Waals surface area (Å²) in [5.74, 6) is -3.21. The SMILES string of the molecule is O=C(NC(C(=O)O)C(F)(F)F)c1cc2c(n(CC3CCCCC3)c1=O)CCCCCC2. The van der Waals surface area contributed by atoms with Crippen LogP contribution in [0.25, 0.3) is 0 Å². The second kappa shape index (κ2) is 9.87.